The molecule has 0 spiro atoms. The minimum atomic E-state index is -0.187. The van der Waals surface area contributed by atoms with Gasteiger partial charge in [0.25, 0.3) is 11.5 Å². The van der Waals surface area contributed by atoms with Crippen LogP contribution < -0.4 is 19.9 Å². The molecule has 0 saturated carbocycles. The maximum absolute atomic E-state index is 13.5. The summed E-state index contributed by atoms with van der Waals surface area (Å²) in [7, 11) is 1.60. The van der Waals surface area contributed by atoms with Gasteiger partial charge in [0.15, 0.2) is 18.1 Å². The predicted molar refractivity (Wildman–Crippen MR) is 137 cm³/mol. The van der Waals surface area contributed by atoms with Crippen molar-refractivity contribution in [2.45, 2.75) is 6.54 Å². The Balaban J connectivity index is 1.28. The van der Waals surface area contributed by atoms with Crippen LogP contribution in [0.5, 0.6) is 11.5 Å². The number of carbonyl (C=O) groups excluding carboxylic acids is 1. The average Bonchev–Trinajstić information content (AvgIpc) is 2.94. The quantitative estimate of drug-likeness (QED) is 0.397. The molecule has 184 valence electrons. The zero-order chi connectivity index (χ0) is 24.9. The second-order valence-electron chi connectivity index (χ2n) is 8.49. The number of fused-ring (bicyclic) bond motifs is 1. The molecule has 0 N–H and O–H groups in total. The number of carbonyl (C=O) groups is 1. The van der Waals surface area contributed by atoms with E-state index in [0.29, 0.717) is 55.5 Å². The van der Waals surface area contributed by atoms with E-state index in [0.717, 1.165) is 11.3 Å². The smallest absolute Gasteiger partial charge is 0.295 e. The third-order valence-corrected chi connectivity index (χ3v) is 6.22. The molecule has 36 heavy (non-hydrogen) atoms. The Morgan fingerprint density at radius 3 is 2.36 bits per heavy atom. The fourth-order valence-corrected chi connectivity index (χ4v) is 4.26. The number of hydrogen-bond acceptors (Lipinski definition) is 7. The molecule has 0 radical (unpaired) electrons. The second kappa shape index (κ2) is 10.5. The number of benzene rings is 2. The third kappa shape index (κ3) is 5.00. The monoisotopic (exact) mass is 485 g/mol. The van der Waals surface area contributed by atoms with Gasteiger partial charge >= 0.3 is 0 Å². The van der Waals surface area contributed by atoms with Gasteiger partial charge in [0.2, 0.25) is 0 Å². The summed E-state index contributed by atoms with van der Waals surface area (Å²) >= 11 is 0. The molecule has 9 nitrogen and oxygen atoms in total. The summed E-state index contributed by atoms with van der Waals surface area (Å²) in [6.07, 6.45) is 1.67. The molecule has 0 bridgehead atoms. The summed E-state index contributed by atoms with van der Waals surface area (Å²) in [6, 6.07) is 20.6. The summed E-state index contributed by atoms with van der Waals surface area (Å²) < 4.78 is 12.5. The maximum Gasteiger partial charge on any atom is 0.295 e. The van der Waals surface area contributed by atoms with Crippen LogP contribution in [0.4, 0.5) is 5.82 Å². The Labute approximate surface area is 208 Å². The lowest BCUT2D eigenvalue weighted by molar-refractivity contribution is -0.133. The standard InChI is InChI=1S/C27H27N5O4/c1-35-21-9-11-22(12-10-21)36-19-24(33)30-14-16-31(17-15-30)26-27(34)32(18-20-6-3-2-4-7-20)25-23(29-26)8-5-13-28-25/h2-13H,14-19H2,1H3. The highest BCUT2D eigenvalue weighted by Gasteiger charge is 2.25. The molecular weight excluding hydrogens is 458 g/mol. The number of piperazine rings is 1. The Morgan fingerprint density at radius 2 is 1.64 bits per heavy atom. The van der Waals surface area contributed by atoms with E-state index >= 15 is 0 Å². The summed E-state index contributed by atoms with van der Waals surface area (Å²) in [5.74, 6) is 1.62. The van der Waals surface area contributed by atoms with Crippen LogP contribution in [0.15, 0.2) is 77.7 Å². The van der Waals surface area contributed by atoms with E-state index in [2.05, 4.69) is 9.97 Å². The second-order valence-corrected chi connectivity index (χ2v) is 8.49. The van der Waals surface area contributed by atoms with Gasteiger partial charge in [-0.3, -0.25) is 14.2 Å². The summed E-state index contributed by atoms with van der Waals surface area (Å²) in [4.78, 5) is 39.0. The Morgan fingerprint density at radius 1 is 0.917 bits per heavy atom. The molecule has 1 saturated heterocycles. The highest BCUT2D eigenvalue weighted by molar-refractivity contribution is 5.78. The number of anilines is 1. The number of ether oxygens (including phenoxy) is 2. The van der Waals surface area contributed by atoms with E-state index in [1.165, 1.54) is 0 Å². The minimum absolute atomic E-state index is 0.0455. The molecule has 0 aliphatic carbocycles. The van der Waals surface area contributed by atoms with Gasteiger partial charge in [-0.15, -0.1) is 0 Å². The van der Waals surface area contributed by atoms with E-state index in [1.54, 1.807) is 47.0 Å². The number of pyridine rings is 1. The fourth-order valence-electron chi connectivity index (χ4n) is 4.26. The van der Waals surface area contributed by atoms with Crippen molar-refractivity contribution in [3.05, 3.63) is 88.8 Å². The number of methoxy groups -OCH3 is 1. The Hall–Kier alpha value is -4.40. The zero-order valence-corrected chi connectivity index (χ0v) is 20.0. The topological polar surface area (TPSA) is 89.8 Å². The first-order chi connectivity index (χ1) is 17.6. The molecule has 0 atom stereocenters. The molecule has 2 aromatic heterocycles. The Bertz CT molecular complexity index is 1400. The molecular formula is C27H27N5O4. The van der Waals surface area contributed by atoms with Crippen molar-refractivity contribution in [2.75, 3.05) is 44.8 Å². The first-order valence-electron chi connectivity index (χ1n) is 11.8. The van der Waals surface area contributed by atoms with Gasteiger partial charge in [-0.25, -0.2) is 9.97 Å². The van der Waals surface area contributed by atoms with Gasteiger partial charge in [0.1, 0.15) is 17.0 Å². The van der Waals surface area contributed by atoms with Crippen molar-refractivity contribution in [1.82, 2.24) is 19.4 Å². The fraction of sp³-hybridized carbons (Fsp3) is 0.259. The Kier molecular flexibility index (Phi) is 6.79. The lowest BCUT2D eigenvalue weighted by Gasteiger charge is -2.35. The van der Waals surface area contributed by atoms with Crippen LogP contribution in [0.3, 0.4) is 0 Å². The van der Waals surface area contributed by atoms with E-state index < -0.39 is 0 Å². The van der Waals surface area contributed by atoms with Crippen molar-refractivity contribution >= 4 is 22.9 Å². The normalized spacial score (nSPS) is 13.6. The van der Waals surface area contributed by atoms with Crippen LogP contribution in [0.1, 0.15) is 5.56 Å². The molecule has 0 unspecified atom stereocenters. The van der Waals surface area contributed by atoms with E-state index in [4.69, 9.17) is 9.47 Å². The molecule has 1 aliphatic heterocycles. The number of aromatic nitrogens is 3. The molecule has 5 rings (SSSR count). The molecule has 1 fully saturated rings. The minimum Gasteiger partial charge on any atom is -0.497 e. The number of rotatable bonds is 7. The molecule has 2 aromatic carbocycles. The predicted octanol–water partition coefficient (Wildman–Crippen LogP) is 2.58. The summed E-state index contributed by atoms with van der Waals surface area (Å²) in [5.41, 5.74) is 2.04. The SMILES string of the molecule is COc1ccc(OCC(=O)N2CCN(c3nc4cccnc4n(Cc4ccccc4)c3=O)CC2)cc1. The first-order valence-corrected chi connectivity index (χ1v) is 11.8. The third-order valence-electron chi connectivity index (χ3n) is 6.22. The summed E-state index contributed by atoms with van der Waals surface area (Å²) in [6.45, 7) is 2.34. The molecule has 9 heteroatoms. The van der Waals surface area contributed by atoms with Gasteiger partial charge in [0, 0.05) is 32.4 Å². The highest BCUT2D eigenvalue weighted by Crippen LogP contribution is 2.18. The van der Waals surface area contributed by atoms with E-state index in [1.807, 2.05) is 47.4 Å². The highest BCUT2D eigenvalue weighted by atomic mass is 16.5. The average molecular weight is 486 g/mol. The van der Waals surface area contributed by atoms with Gasteiger partial charge in [-0.1, -0.05) is 30.3 Å². The lowest BCUT2D eigenvalue weighted by atomic mass is 10.2. The molecule has 1 amide bonds. The van der Waals surface area contributed by atoms with Gasteiger partial charge in [0.05, 0.1) is 13.7 Å². The van der Waals surface area contributed by atoms with E-state index in [9.17, 15) is 9.59 Å². The number of amides is 1. The zero-order valence-electron chi connectivity index (χ0n) is 20.0. The van der Waals surface area contributed by atoms with Gasteiger partial charge in [-0.05, 0) is 42.0 Å². The first kappa shape index (κ1) is 23.3. The van der Waals surface area contributed by atoms with Gasteiger partial charge in [-0.2, -0.15) is 0 Å². The molecule has 3 heterocycles. The van der Waals surface area contributed by atoms with Crippen molar-refractivity contribution in [1.29, 1.82) is 0 Å². The maximum atomic E-state index is 13.5. The van der Waals surface area contributed by atoms with Crippen LogP contribution in [0.25, 0.3) is 11.2 Å². The van der Waals surface area contributed by atoms with Crippen LogP contribution in [-0.4, -0.2) is 65.2 Å². The van der Waals surface area contributed by atoms with Crippen LogP contribution >= 0.6 is 0 Å². The largest absolute Gasteiger partial charge is 0.497 e. The van der Waals surface area contributed by atoms with Crippen molar-refractivity contribution in [2.24, 2.45) is 0 Å². The number of hydrogen-bond donors (Lipinski definition) is 0. The van der Waals surface area contributed by atoms with Crippen molar-refractivity contribution < 1.29 is 14.3 Å². The van der Waals surface area contributed by atoms with Gasteiger partial charge < -0.3 is 19.3 Å². The van der Waals surface area contributed by atoms with Crippen molar-refractivity contribution in [3.8, 4) is 11.5 Å². The van der Waals surface area contributed by atoms with Crippen molar-refractivity contribution in [3.63, 3.8) is 0 Å². The van der Waals surface area contributed by atoms with Crippen LogP contribution in [-0.2, 0) is 11.3 Å². The van der Waals surface area contributed by atoms with E-state index in [-0.39, 0.29) is 18.1 Å². The number of nitrogens with zero attached hydrogens (tertiary/aromatic N) is 5. The lowest BCUT2D eigenvalue weighted by Crippen LogP contribution is -2.51. The molecule has 4 aromatic rings. The molecule has 1 aliphatic rings. The van der Waals surface area contributed by atoms with Crippen LogP contribution in [0, 0.1) is 0 Å². The van der Waals surface area contributed by atoms with Crippen LogP contribution in [0.2, 0.25) is 0 Å². The summed E-state index contributed by atoms with van der Waals surface area (Å²) in [5, 5.41) is 0.